The van der Waals surface area contributed by atoms with Crippen LogP contribution >= 0.6 is 0 Å². The van der Waals surface area contributed by atoms with Crippen LogP contribution in [0.1, 0.15) is 61.1 Å². The molecule has 5 rings (SSSR count). The molecular formula is C27H22N6O7. The lowest BCUT2D eigenvalue weighted by atomic mass is 10.1. The summed E-state index contributed by atoms with van der Waals surface area (Å²) in [7, 11) is 0. The lowest BCUT2D eigenvalue weighted by Crippen LogP contribution is -2.13. The van der Waals surface area contributed by atoms with E-state index in [1.54, 1.807) is 31.2 Å². The van der Waals surface area contributed by atoms with Crippen LogP contribution in [0.15, 0.2) is 54.9 Å². The molecular weight excluding hydrogens is 520 g/mol. The van der Waals surface area contributed by atoms with Crippen LogP contribution in [0.5, 0.6) is 0 Å². The fourth-order valence-corrected chi connectivity index (χ4v) is 3.70. The van der Waals surface area contributed by atoms with Crippen molar-refractivity contribution in [2.45, 2.75) is 20.8 Å². The third kappa shape index (κ3) is 5.88. The number of nitrogens with one attached hydrogen (secondary N) is 3. The maximum absolute atomic E-state index is 12.4. The van der Waals surface area contributed by atoms with Crippen molar-refractivity contribution in [1.82, 2.24) is 19.9 Å². The number of hydrogen-bond donors (Lipinski definition) is 4. The number of aromatic nitrogens is 4. The van der Waals surface area contributed by atoms with Gasteiger partial charge in [0, 0.05) is 49.1 Å². The first kappa shape index (κ1) is 27.3. The van der Waals surface area contributed by atoms with Gasteiger partial charge in [0.2, 0.25) is 0 Å². The highest BCUT2D eigenvalue weighted by Crippen LogP contribution is 2.23. The Bertz CT molecular complexity index is 1820. The highest BCUT2D eigenvalue weighted by atomic mass is 16.6. The molecule has 202 valence electrons. The number of anilines is 1. The van der Waals surface area contributed by atoms with E-state index in [-0.39, 0.29) is 28.4 Å². The fraction of sp³-hybridized carbons (Fsp3) is 0.111. The van der Waals surface area contributed by atoms with E-state index in [0.29, 0.717) is 44.7 Å². The van der Waals surface area contributed by atoms with Crippen molar-refractivity contribution in [3.8, 4) is 0 Å². The average molecular weight is 543 g/mol. The molecule has 13 nitrogen and oxygen atoms in total. The number of H-pyrrole nitrogens is 2. The first-order chi connectivity index (χ1) is 18.9. The molecule has 0 atom stereocenters. The van der Waals surface area contributed by atoms with Crippen LogP contribution in [0, 0.1) is 17.0 Å². The second kappa shape index (κ2) is 10.9. The van der Waals surface area contributed by atoms with Crippen molar-refractivity contribution in [2.75, 3.05) is 5.32 Å². The third-order valence-electron chi connectivity index (χ3n) is 5.89. The fourth-order valence-electron chi connectivity index (χ4n) is 3.70. The van der Waals surface area contributed by atoms with Crippen LogP contribution in [0.4, 0.5) is 11.4 Å². The van der Waals surface area contributed by atoms with Gasteiger partial charge >= 0.3 is 5.97 Å². The molecule has 0 spiro atoms. The summed E-state index contributed by atoms with van der Waals surface area (Å²) in [6.07, 6.45) is 2.63. The molecule has 0 radical (unpaired) electrons. The van der Waals surface area contributed by atoms with Gasteiger partial charge in [-0.25, -0.2) is 14.8 Å². The molecule has 0 fully saturated rings. The van der Waals surface area contributed by atoms with Crippen molar-refractivity contribution >= 4 is 56.9 Å². The van der Waals surface area contributed by atoms with Crippen molar-refractivity contribution in [1.29, 1.82) is 0 Å². The smallest absolute Gasteiger partial charge is 0.337 e. The van der Waals surface area contributed by atoms with Crippen LogP contribution in [0.25, 0.3) is 22.1 Å². The number of rotatable bonds is 6. The topological polar surface area (TPSA) is 201 Å². The third-order valence-corrected chi connectivity index (χ3v) is 5.89. The van der Waals surface area contributed by atoms with Gasteiger partial charge in [0.25, 0.3) is 11.6 Å². The van der Waals surface area contributed by atoms with E-state index in [1.807, 2.05) is 0 Å². The first-order valence-electron chi connectivity index (χ1n) is 11.7. The molecule has 0 aliphatic carbocycles. The molecule has 0 saturated heterocycles. The Hall–Kier alpha value is -5.72. The normalized spacial score (nSPS) is 10.6. The average Bonchev–Trinajstić information content (AvgIpc) is 3.54. The molecule has 0 bridgehead atoms. The SMILES string of the molecule is CC(=O)c1cc2cc(C(=O)Nc3cc([N+](=O)[O-])ccc3C)cnc2[nH]1.CC(=O)c1cc2cc(C(=O)O)cnc2[nH]1. The zero-order valence-electron chi connectivity index (χ0n) is 21.4. The Morgan fingerprint density at radius 1 is 0.850 bits per heavy atom. The van der Waals surface area contributed by atoms with E-state index in [4.69, 9.17) is 5.11 Å². The maximum Gasteiger partial charge on any atom is 0.337 e. The monoisotopic (exact) mass is 542 g/mol. The van der Waals surface area contributed by atoms with Crippen molar-refractivity contribution in [2.24, 2.45) is 0 Å². The number of carboxylic acids is 1. The molecule has 0 unspecified atom stereocenters. The van der Waals surface area contributed by atoms with E-state index in [0.717, 1.165) is 0 Å². The predicted octanol–water partition coefficient (Wildman–Crippen LogP) is 4.70. The first-order valence-corrected chi connectivity index (χ1v) is 11.7. The number of amides is 1. The van der Waals surface area contributed by atoms with E-state index >= 15 is 0 Å². The quantitative estimate of drug-likeness (QED) is 0.133. The molecule has 1 aromatic carbocycles. The number of carbonyl (C=O) groups is 4. The second-order valence-electron chi connectivity index (χ2n) is 8.82. The number of pyridine rings is 2. The van der Waals surface area contributed by atoms with Crippen molar-refractivity contribution in [3.63, 3.8) is 0 Å². The standard InChI is InChI=1S/C17H14N4O4.C10H8N2O3/c1-9-3-4-13(21(24)25)7-14(9)20-17(23)12-5-11-6-15(10(2)22)19-16(11)18-8-12;1-5(13)8-3-6-2-7(10(14)15)4-11-9(6)12-8/h3-8H,1-2H3,(H,18,19)(H,20,23);2-4H,1H3,(H,11,12)(H,14,15). The molecule has 4 aromatic heterocycles. The number of Topliss-reactive ketones (excluding diaryl/α,β-unsaturated/α-hetero) is 2. The van der Waals surface area contributed by atoms with Gasteiger partial charge in [0.15, 0.2) is 11.6 Å². The van der Waals surface area contributed by atoms with Crippen LogP contribution < -0.4 is 5.32 Å². The number of aryl methyl sites for hydroxylation is 1. The van der Waals surface area contributed by atoms with Gasteiger partial charge in [0.05, 0.1) is 33.1 Å². The number of carboxylic acid groups (broad SMARTS) is 1. The zero-order chi connectivity index (χ0) is 29.1. The van der Waals surface area contributed by atoms with Gasteiger partial charge in [-0.15, -0.1) is 0 Å². The minimum absolute atomic E-state index is 0.105. The van der Waals surface area contributed by atoms with E-state index in [9.17, 15) is 29.3 Å². The highest BCUT2D eigenvalue weighted by Gasteiger charge is 2.14. The number of hydrogen-bond acceptors (Lipinski definition) is 8. The minimum Gasteiger partial charge on any atom is -0.478 e. The number of nitro benzene ring substituents is 1. The van der Waals surface area contributed by atoms with Crippen LogP contribution in [0.3, 0.4) is 0 Å². The summed E-state index contributed by atoms with van der Waals surface area (Å²) in [5.74, 6) is -1.71. The predicted molar refractivity (Wildman–Crippen MR) is 145 cm³/mol. The molecule has 5 aromatic rings. The number of benzene rings is 1. The van der Waals surface area contributed by atoms with Gasteiger partial charge in [-0.1, -0.05) is 6.07 Å². The van der Waals surface area contributed by atoms with Crippen LogP contribution in [-0.2, 0) is 0 Å². The molecule has 0 saturated carbocycles. The molecule has 13 heteroatoms. The van der Waals surface area contributed by atoms with Gasteiger partial charge in [-0.2, -0.15) is 0 Å². The second-order valence-corrected chi connectivity index (χ2v) is 8.82. The molecule has 4 heterocycles. The Labute approximate surface area is 225 Å². The molecule has 0 aliphatic rings. The summed E-state index contributed by atoms with van der Waals surface area (Å²) < 4.78 is 0. The summed E-state index contributed by atoms with van der Waals surface area (Å²) in [6, 6.07) is 10.6. The number of aromatic amines is 2. The maximum atomic E-state index is 12.4. The van der Waals surface area contributed by atoms with E-state index in [2.05, 4.69) is 25.3 Å². The number of fused-ring (bicyclic) bond motifs is 2. The lowest BCUT2D eigenvalue weighted by Gasteiger charge is -2.08. The van der Waals surface area contributed by atoms with Crippen molar-refractivity contribution < 1.29 is 29.2 Å². The summed E-state index contributed by atoms with van der Waals surface area (Å²) in [5.41, 5.74) is 3.22. The Morgan fingerprint density at radius 2 is 1.38 bits per heavy atom. The van der Waals surface area contributed by atoms with E-state index < -0.39 is 16.8 Å². The summed E-state index contributed by atoms with van der Waals surface area (Å²) >= 11 is 0. The number of nitrogens with zero attached hydrogens (tertiary/aromatic N) is 3. The van der Waals surface area contributed by atoms with Gasteiger partial charge in [0.1, 0.15) is 11.3 Å². The number of ketones is 2. The number of non-ortho nitro benzene ring substituents is 1. The summed E-state index contributed by atoms with van der Waals surface area (Å²) in [5, 5.41) is 23.5. The summed E-state index contributed by atoms with van der Waals surface area (Å²) in [6.45, 7) is 4.61. The Balaban J connectivity index is 0.000000210. The number of nitro groups is 1. The van der Waals surface area contributed by atoms with Gasteiger partial charge < -0.3 is 20.4 Å². The molecule has 1 amide bonds. The minimum atomic E-state index is -1.03. The largest absolute Gasteiger partial charge is 0.478 e. The van der Waals surface area contributed by atoms with Crippen LogP contribution in [-0.4, -0.2) is 53.4 Å². The van der Waals surface area contributed by atoms with Gasteiger partial charge in [-0.05, 0) is 36.8 Å². The molecule has 40 heavy (non-hydrogen) atoms. The number of carbonyl (C=O) groups excluding carboxylic acids is 3. The van der Waals surface area contributed by atoms with Crippen molar-refractivity contribution in [3.05, 3.63) is 93.1 Å². The molecule has 0 aliphatic heterocycles. The Kier molecular flexibility index (Phi) is 7.48. The highest BCUT2D eigenvalue weighted by molar-refractivity contribution is 6.07. The van der Waals surface area contributed by atoms with Gasteiger partial charge in [-0.3, -0.25) is 24.5 Å². The number of aromatic carboxylic acids is 1. The Morgan fingerprint density at radius 3 is 1.88 bits per heavy atom. The van der Waals surface area contributed by atoms with Crippen LogP contribution in [0.2, 0.25) is 0 Å². The van der Waals surface area contributed by atoms with E-state index in [1.165, 1.54) is 44.4 Å². The molecule has 4 N–H and O–H groups in total. The summed E-state index contributed by atoms with van der Waals surface area (Å²) in [4.78, 5) is 69.7. The zero-order valence-corrected chi connectivity index (χ0v) is 21.4. The lowest BCUT2D eigenvalue weighted by molar-refractivity contribution is -0.384.